The molecule has 1 amide bonds. The van der Waals surface area contributed by atoms with E-state index >= 15 is 0 Å². The van der Waals surface area contributed by atoms with Gasteiger partial charge in [-0.1, -0.05) is 44.2 Å². The molecular formula is C21H33N3O. The Labute approximate surface area is 152 Å². The number of hydrogen-bond donors (Lipinski definition) is 0. The maximum Gasteiger partial charge on any atom is 0.239 e. The number of hydrogen-bond acceptors (Lipinski definition) is 3. The highest BCUT2D eigenvalue weighted by Crippen LogP contribution is 2.20. The highest BCUT2D eigenvalue weighted by molar-refractivity contribution is 5.84. The van der Waals surface area contributed by atoms with Crippen LogP contribution in [0, 0.1) is 5.92 Å². The van der Waals surface area contributed by atoms with Gasteiger partial charge in [-0.25, -0.2) is 0 Å². The number of likely N-dealkylation sites (tertiary alicyclic amines) is 1. The van der Waals surface area contributed by atoms with Crippen molar-refractivity contribution in [1.82, 2.24) is 14.7 Å². The van der Waals surface area contributed by atoms with Crippen LogP contribution in [0.1, 0.15) is 32.3 Å². The van der Waals surface area contributed by atoms with Gasteiger partial charge in [0, 0.05) is 45.8 Å². The number of carbonyl (C=O) groups excluding carboxylic acids is 1. The average Bonchev–Trinajstić information content (AvgIpc) is 3.00. The maximum atomic E-state index is 12.7. The third kappa shape index (κ3) is 5.05. The van der Waals surface area contributed by atoms with Gasteiger partial charge >= 0.3 is 0 Å². The summed E-state index contributed by atoms with van der Waals surface area (Å²) >= 11 is 0. The third-order valence-electron chi connectivity index (χ3n) is 5.65. The molecule has 0 bridgehead atoms. The van der Waals surface area contributed by atoms with Crippen molar-refractivity contribution in [2.75, 3.05) is 45.8 Å². The van der Waals surface area contributed by atoms with Crippen LogP contribution in [0.5, 0.6) is 0 Å². The Balaban J connectivity index is 1.41. The molecule has 1 unspecified atom stereocenters. The van der Waals surface area contributed by atoms with E-state index in [1.165, 1.54) is 5.56 Å². The van der Waals surface area contributed by atoms with E-state index in [1.807, 2.05) is 0 Å². The molecule has 138 valence electrons. The Morgan fingerprint density at radius 2 is 1.72 bits per heavy atom. The van der Waals surface area contributed by atoms with E-state index in [1.54, 1.807) is 0 Å². The maximum absolute atomic E-state index is 12.7. The molecular weight excluding hydrogens is 310 g/mol. The molecule has 25 heavy (non-hydrogen) atoms. The van der Waals surface area contributed by atoms with Gasteiger partial charge in [0.05, 0.1) is 6.04 Å². The molecule has 4 heteroatoms. The second-order valence-corrected chi connectivity index (χ2v) is 7.93. The number of piperazine rings is 1. The first kappa shape index (κ1) is 18.4. The van der Waals surface area contributed by atoms with Gasteiger partial charge < -0.3 is 9.80 Å². The number of carbonyl (C=O) groups is 1. The van der Waals surface area contributed by atoms with Crippen LogP contribution in [-0.2, 0) is 11.2 Å². The summed E-state index contributed by atoms with van der Waals surface area (Å²) in [5, 5.41) is 0. The van der Waals surface area contributed by atoms with Gasteiger partial charge in [0.2, 0.25) is 5.91 Å². The molecule has 2 aliphatic rings. The standard InChI is InChI=1S/C21H33N3O/c1-18(2)8-12-24-13-10-20(21(24)25)23-16-14-22(15-17-23)11-9-19-6-4-3-5-7-19/h3-7,18,20H,8-17H2,1-2H3. The SMILES string of the molecule is CC(C)CCN1CCC(N2CCN(CCc3ccccc3)CC2)C1=O. The minimum Gasteiger partial charge on any atom is -0.341 e. The minimum absolute atomic E-state index is 0.142. The molecule has 0 aromatic heterocycles. The zero-order valence-corrected chi connectivity index (χ0v) is 15.9. The second-order valence-electron chi connectivity index (χ2n) is 7.93. The molecule has 1 atom stereocenters. The van der Waals surface area contributed by atoms with E-state index in [9.17, 15) is 4.79 Å². The van der Waals surface area contributed by atoms with Crippen molar-refractivity contribution in [3.63, 3.8) is 0 Å². The van der Waals surface area contributed by atoms with Gasteiger partial charge in [-0.15, -0.1) is 0 Å². The third-order valence-corrected chi connectivity index (χ3v) is 5.65. The lowest BCUT2D eigenvalue weighted by molar-refractivity contribution is -0.132. The quantitative estimate of drug-likeness (QED) is 0.761. The molecule has 1 aromatic rings. The van der Waals surface area contributed by atoms with Crippen molar-refractivity contribution in [2.24, 2.45) is 5.92 Å². The summed E-state index contributed by atoms with van der Waals surface area (Å²) in [5.74, 6) is 1.04. The smallest absolute Gasteiger partial charge is 0.239 e. The second kappa shape index (κ2) is 8.81. The first-order chi connectivity index (χ1) is 12.1. The molecule has 3 rings (SSSR count). The summed E-state index contributed by atoms with van der Waals surface area (Å²) in [6.45, 7) is 11.7. The molecule has 0 aliphatic carbocycles. The van der Waals surface area contributed by atoms with Crippen LogP contribution < -0.4 is 0 Å². The van der Waals surface area contributed by atoms with Crippen LogP contribution in [0.2, 0.25) is 0 Å². The van der Waals surface area contributed by atoms with Crippen molar-refractivity contribution in [2.45, 2.75) is 39.2 Å². The topological polar surface area (TPSA) is 26.8 Å². The lowest BCUT2D eigenvalue weighted by atomic mass is 10.1. The Bertz CT molecular complexity index is 537. The molecule has 2 aliphatic heterocycles. The number of benzene rings is 1. The zero-order valence-electron chi connectivity index (χ0n) is 15.9. The number of nitrogens with zero attached hydrogens (tertiary/aromatic N) is 3. The van der Waals surface area contributed by atoms with E-state index < -0.39 is 0 Å². The van der Waals surface area contributed by atoms with E-state index in [-0.39, 0.29) is 6.04 Å². The van der Waals surface area contributed by atoms with Crippen LogP contribution in [0.4, 0.5) is 0 Å². The minimum atomic E-state index is 0.142. The molecule has 2 fully saturated rings. The van der Waals surface area contributed by atoms with Crippen LogP contribution >= 0.6 is 0 Å². The van der Waals surface area contributed by atoms with Gasteiger partial charge in [-0.2, -0.15) is 0 Å². The summed E-state index contributed by atoms with van der Waals surface area (Å²) < 4.78 is 0. The van der Waals surface area contributed by atoms with Crippen molar-refractivity contribution in [3.8, 4) is 0 Å². The Hall–Kier alpha value is -1.39. The first-order valence-electron chi connectivity index (χ1n) is 9.92. The normalized spacial score (nSPS) is 22.9. The molecule has 4 nitrogen and oxygen atoms in total. The Kier molecular flexibility index (Phi) is 6.49. The summed E-state index contributed by atoms with van der Waals surface area (Å²) in [6, 6.07) is 10.9. The van der Waals surface area contributed by atoms with Crippen molar-refractivity contribution in [3.05, 3.63) is 35.9 Å². The predicted octanol–water partition coefficient (Wildman–Crippen LogP) is 2.49. The fraction of sp³-hybridized carbons (Fsp3) is 0.667. The van der Waals surface area contributed by atoms with Gasteiger partial charge in [0.15, 0.2) is 0 Å². The first-order valence-corrected chi connectivity index (χ1v) is 9.92. The van der Waals surface area contributed by atoms with Gasteiger partial charge in [-0.05, 0) is 30.7 Å². The lowest BCUT2D eigenvalue weighted by Crippen LogP contribution is -2.52. The Morgan fingerprint density at radius 3 is 2.40 bits per heavy atom. The molecule has 2 saturated heterocycles. The van der Waals surface area contributed by atoms with Crippen LogP contribution in [-0.4, -0.2) is 72.5 Å². The average molecular weight is 344 g/mol. The largest absolute Gasteiger partial charge is 0.341 e. The monoisotopic (exact) mass is 343 g/mol. The summed E-state index contributed by atoms with van der Waals surface area (Å²) in [5.41, 5.74) is 1.41. The van der Waals surface area contributed by atoms with E-state index in [0.717, 1.165) is 65.1 Å². The fourth-order valence-corrected chi connectivity index (χ4v) is 3.93. The summed E-state index contributed by atoms with van der Waals surface area (Å²) in [6.07, 6.45) is 3.25. The van der Waals surface area contributed by atoms with Crippen molar-refractivity contribution >= 4 is 5.91 Å². The number of rotatable bonds is 7. The highest BCUT2D eigenvalue weighted by atomic mass is 16.2. The lowest BCUT2D eigenvalue weighted by Gasteiger charge is -2.37. The molecule has 0 radical (unpaired) electrons. The predicted molar refractivity (Wildman–Crippen MR) is 103 cm³/mol. The van der Waals surface area contributed by atoms with Crippen molar-refractivity contribution < 1.29 is 4.79 Å². The van der Waals surface area contributed by atoms with E-state index in [2.05, 4.69) is 58.9 Å². The molecule has 2 heterocycles. The molecule has 1 aromatic carbocycles. The zero-order chi connectivity index (χ0) is 17.6. The number of amides is 1. The van der Waals surface area contributed by atoms with Crippen LogP contribution in [0.3, 0.4) is 0 Å². The molecule has 0 saturated carbocycles. The fourth-order valence-electron chi connectivity index (χ4n) is 3.93. The van der Waals surface area contributed by atoms with Gasteiger partial charge in [-0.3, -0.25) is 9.69 Å². The van der Waals surface area contributed by atoms with E-state index in [4.69, 9.17) is 0 Å². The summed E-state index contributed by atoms with van der Waals surface area (Å²) in [7, 11) is 0. The van der Waals surface area contributed by atoms with Gasteiger partial charge in [0.1, 0.15) is 0 Å². The van der Waals surface area contributed by atoms with Gasteiger partial charge in [0.25, 0.3) is 0 Å². The molecule has 0 spiro atoms. The van der Waals surface area contributed by atoms with Crippen LogP contribution in [0.25, 0.3) is 0 Å². The van der Waals surface area contributed by atoms with Crippen LogP contribution in [0.15, 0.2) is 30.3 Å². The van der Waals surface area contributed by atoms with E-state index in [0.29, 0.717) is 11.8 Å². The highest BCUT2D eigenvalue weighted by Gasteiger charge is 2.36. The Morgan fingerprint density at radius 1 is 1.00 bits per heavy atom. The molecule has 0 N–H and O–H groups in total. The summed E-state index contributed by atoms with van der Waals surface area (Å²) in [4.78, 5) is 19.7. The van der Waals surface area contributed by atoms with Crippen molar-refractivity contribution in [1.29, 1.82) is 0 Å².